The number of nitrogens with zero attached hydrogens (tertiary/aromatic N) is 2. The fourth-order valence-electron chi connectivity index (χ4n) is 1.52. The lowest BCUT2D eigenvalue weighted by molar-refractivity contribution is 0.243. The van der Waals surface area contributed by atoms with E-state index in [9.17, 15) is 0 Å². The van der Waals surface area contributed by atoms with Crippen molar-refractivity contribution in [1.82, 2.24) is 9.97 Å². The highest BCUT2D eigenvalue weighted by Gasteiger charge is 2.11. The minimum atomic E-state index is 0.103. The number of hydrogen-bond acceptors (Lipinski definition) is 3. The Hall–Kier alpha value is -1.61. The number of aromatic nitrogens is 2. The van der Waals surface area contributed by atoms with Gasteiger partial charge in [0, 0.05) is 18.0 Å². The zero-order valence-corrected chi connectivity index (χ0v) is 10.5. The summed E-state index contributed by atoms with van der Waals surface area (Å²) in [5.74, 6) is 0.768. The van der Waals surface area contributed by atoms with E-state index in [0.29, 0.717) is 10.8 Å². The molecule has 0 fully saturated rings. The molecule has 17 heavy (non-hydrogen) atoms. The quantitative estimate of drug-likeness (QED) is 0.833. The van der Waals surface area contributed by atoms with E-state index in [1.54, 1.807) is 12.4 Å². The van der Waals surface area contributed by atoms with E-state index in [0.717, 1.165) is 11.3 Å². The molecule has 0 saturated carbocycles. The highest BCUT2D eigenvalue weighted by Crippen LogP contribution is 2.32. The Bertz CT molecular complexity index is 514. The molecule has 4 heteroatoms. The van der Waals surface area contributed by atoms with Crippen LogP contribution in [0.4, 0.5) is 0 Å². The monoisotopic (exact) mass is 248 g/mol. The normalized spacial score (nSPS) is 10.6. The Morgan fingerprint density at radius 2 is 1.82 bits per heavy atom. The van der Waals surface area contributed by atoms with Crippen LogP contribution in [0.3, 0.4) is 0 Å². The highest BCUT2D eigenvalue weighted by atomic mass is 35.5. The molecular formula is C13H13ClN2O. The van der Waals surface area contributed by atoms with Gasteiger partial charge in [0.15, 0.2) is 5.15 Å². The molecule has 88 valence electrons. The molecule has 3 nitrogen and oxygen atoms in total. The number of halogens is 1. The van der Waals surface area contributed by atoms with E-state index < -0.39 is 0 Å². The molecule has 0 N–H and O–H groups in total. The fraction of sp³-hybridized carbons (Fsp3) is 0.231. The molecule has 1 aromatic heterocycles. The van der Waals surface area contributed by atoms with E-state index in [-0.39, 0.29) is 6.10 Å². The lowest BCUT2D eigenvalue weighted by Crippen LogP contribution is -2.06. The Kier molecular flexibility index (Phi) is 3.59. The third-order valence-corrected chi connectivity index (χ3v) is 2.44. The minimum Gasteiger partial charge on any atom is -0.490 e. The summed E-state index contributed by atoms with van der Waals surface area (Å²) in [6.45, 7) is 3.96. The van der Waals surface area contributed by atoms with Crippen molar-refractivity contribution < 1.29 is 4.74 Å². The molecular weight excluding hydrogens is 236 g/mol. The van der Waals surface area contributed by atoms with Gasteiger partial charge in [-0.05, 0) is 26.0 Å². The van der Waals surface area contributed by atoms with Gasteiger partial charge in [0.2, 0.25) is 0 Å². The van der Waals surface area contributed by atoms with Crippen LogP contribution in [0.2, 0.25) is 5.15 Å². The predicted octanol–water partition coefficient (Wildman–Crippen LogP) is 3.58. The van der Waals surface area contributed by atoms with Crippen molar-refractivity contribution >= 4 is 11.6 Å². The fourth-order valence-corrected chi connectivity index (χ4v) is 1.73. The zero-order chi connectivity index (χ0) is 12.3. The molecule has 0 atom stereocenters. The first-order valence-corrected chi connectivity index (χ1v) is 5.79. The summed E-state index contributed by atoms with van der Waals surface area (Å²) in [6.07, 6.45) is 3.29. The van der Waals surface area contributed by atoms with Crippen molar-refractivity contribution in [2.45, 2.75) is 20.0 Å². The Balaban J connectivity index is 2.48. The largest absolute Gasteiger partial charge is 0.490 e. The molecule has 0 aliphatic carbocycles. The molecule has 0 spiro atoms. The predicted molar refractivity (Wildman–Crippen MR) is 68.2 cm³/mol. The van der Waals surface area contributed by atoms with Gasteiger partial charge in [-0.25, -0.2) is 4.98 Å². The molecule has 1 heterocycles. The maximum absolute atomic E-state index is 6.04. The highest BCUT2D eigenvalue weighted by molar-refractivity contribution is 6.31. The van der Waals surface area contributed by atoms with Crippen molar-refractivity contribution in [2.24, 2.45) is 0 Å². The van der Waals surface area contributed by atoms with E-state index >= 15 is 0 Å². The molecule has 0 amide bonds. The second-order valence-electron chi connectivity index (χ2n) is 3.86. The minimum absolute atomic E-state index is 0.103. The maximum atomic E-state index is 6.04. The van der Waals surface area contributed by atoms with Gasteiger partial charge in [-0.15, -0.1) is 0 Å². The van der Waals surface area contributed by atoms with Gasteiger partial charge < -0.3 is 4.74 Å². The van der Waals surface area contributed by atoms with Gasteiger partial charge >= 0.3 is 0 Å². The Labute approximate surface area is 105 Å². The Morgan fingerprint density at radius 1 is 1.12 bits per heavy atom. The third kappa shape index (κ3) is 2.74. The van der Waals surface area contributed by atoms with Crippen LogP contribution in [0.5, 0.6) is 5.75 Å². The SMILES string of the molecule is CC(C)Oc1ccccc1-c1nccnc1Cl. The smallest absolute Gasteiger partial charge is 0.155 e. The van der Waals surface area contributed by atoms with Crippen molar-refractivity contribution in [3.63, 3.8) is 0 Å². The second kappa shape index (κ2) is 5.15. The van der Waals surface area contributed by atoms with Crippen molar-refractivity contribution in [3.8, 4) is 17.0 Å². The van der Waals surface area contributed by atoms with Gasteiger partial charge in [0.25, 0.3) is 0 Å². The topological polar surface area (TPSA) is 35.0 Å². The summed E-state index contributed by atoms with van der Waals surface area (Å²) in [4.78, 5) is 8.27. The molecule has 0 saturated heterocycles. The molecule has 0 radical (unpaired) electrons. The van der Waals surface area contributed by atoms with E-state index in [2.05, 4.69) is 9.97 Å². The lowest BCUT2D eigenvalue weighted by atomic mass is 10.1. The summed E-state index contributed by atoms with van der Waals surface area (Å²) in [5, 5.41) is 0.382. The summed E-state index contributed by atoms with van der Waals surface area (Å²) in [6, 6.07) is 7.67. The Morgan fingerprint density at radius 3 is 2.53 bits per heavy atom. The van der Waals surface area contributed by atoms with E-state index in [4.69, 9.17) is 16.3 Å². The van der Waals surface area contributed by atoms with Crippen molar-refractivity contribution in [1.29, 1.82) is 0 Å². The first-order valence-electron chi connectivity index (χ1n) is 5.41. The molecule has 0 unspecified atom stereocenters. The van der Waals surface area contributed by atoms with Gasteiger partial charge in [-0.3, -0.25) is 4.98 Å². The van der Waals surface area contributed by atoms with Gasteiger partial charge in [-0.1, -0.05) is 23.7 Å². The summed E-state index contributed by atoms with van der Waals surface area (Å²) >= 11 is 6.04. The molecule has 0 bridgehead atoms. The van der Waals surface area contributed by atoms with Crippen LogP contribution in [0.1, 0.15) is 13.8 Å². The summed E-state index contributed by atoms with van der Waals surface area (Å²) in [5.41, 5.74) is 1.50. The molecule has 2 rings (SSSR count). The molecule has 0 aliphatic rings. The van der Waals surface area contributed by atoms with Crippen molar-refractivity contribution in [3.05, 3.63) is 41.8 Å². The van der Waals surface area contributed by atoms with Crippen LogP contribution in [0.15, 0.2) is 36.7 Å². The summed E-state index contributed by atoms with van der Waals surface area (Å²) < 4.78 is 5.73. The average Bonchev–Trinajstić information content (AvgIpc) is 2.30. The number of ether oxygens (including phenoxy) is 1. The first kappa shape index (κ1) is 11.9. The van der Waals surface area contributed by atoms with Crippen LogP contribution in [0, 0.1) is 0 Å². The number of rotatable bonds is 3. The van der Waals surface area contributed by atoms with Crippen molar-refractivity contribution in [2.75, 3.05) is 0 Å². The standard InChI is InChI=1S/C13H13ClN2O/c1-9(2)17-11-6-4-3-5-10(11)12-13(14)16-8-7-15-12/h3-9H,1-2H3. The molecule has 2 aromatic rings. The third-order valence-electron chi connectivity index (χ3n) is 2.16. The van der Waals surface area contributed by atoms with Crippen LogP contribution >= 0.6 is 11.6 Å². The number of hydrogen-bond donors (Lipinski definition) is 0. The van der Waals surface area contributed by atoms with Gasteiger partial charge in [0.05, 0.1) is 6.10 Å². The van der Waals surface area contributed by atoms with E-state index in [1.165, 1.54) is 0 Å². The number of benzene rings is 1. The lowest BCUT2D eigenvalue weighted by Gasteiger charge is -2.13. The zero-order valence-electron chi connectivity index (χ0n) is 9.72. The van der Waals surface area contributed by atoms with Crippen LogP contribution < -0.4 is 4.74 Å². The van der Waals surface area contributed by atoms with Gasteiger partial charge in [0.1, 0.15) is 11.4 Å². The second-order valence-corrected chi connectivity index (χ2v) is 4.22. The molecule has 0 aliphatic heterocycles. The van der Waals surface area contributed by atoms with Gasteiger partial charge in [-0.2, -0.15) is 0 Å². The average molecular weight is 249 g/mol. The summed E-state index contributed by atoms with van der Waals surface area (Å²) in [7, 11) is 0. The van der Waals surface area contributed by atoms with Crippen LogP contribution in [-0.4, -0.2) is 16.1 Å². The van der Waals surface area contributed by atoms with Crippen LogP contribution in [0.25, 0.3) is 11.3 Å². The van der Waals surface area contributed by atoms with E-state index in [1.807, 2.05) is 38.1 Å². The molecule has 1 aromatic carbocycles. The maximum Gasteiger partial charge on any atom is 0.155 e. The van der Waals surface area contributed by atoms with Crippen LogP contribution in [-0.2, 0) is 0 Å². The number of para-hydroxylation sites is 1. The first-order chi connectivity index (χ1) is 8.18.